The minimum absolute atomic E-state index is 0.260. The first-order valence-electron chi connectivity index (χ1n) is 47.9. The zero-order chi connectivity index (χ0) is 91.3. The van der Waals surface area contributed by atoms with Gasteiger partial charge in [-0.15, -0.1) is 11.3 Å². The Bertz CT molecular complexity index is 8550. The Morgan fingerprint density at radius 1 is 0.324 bits per heavy atom. The molecule has 12 aromatic carbocycles. The first-order valence-corrected chi connectivity index (χ1v) is 48.8. The Morgan fingerprint density at radius 3 is 1.11 bits per heavy atom. The Hall–Kier alpha value is -15.1. The number of ether oxygens (including phenoxy) is 6. The maximum Gasteiger partial charge on any atom is 0.292 e. The molecular weight excluding hydrogens is 1700 g/mol. The normalized spacial score (nSPS) is 14.7. The van der Waals surface area contributed by atoms with E-state index in [4.69, 9.17) is 32.8 Å². The second-order valence-electron chi connectivity index (χ2n) is 38.1. The van der Waals surface area contributed by atoms with E-state index >= 15 is 0 Å². The Morgan fingerprint density at radius 2 is 0.691 bits per heavy atom. The zero-order valence-corrected chi connectivity index (χ0v) is 78.6. The summed E-state index contributed by atoms with van der Waals surface area (Å²) in [5.41, 5.74) is 24.8. The molecule has 136 heavy (non-hydrogen) atoms. The van der Waals surface area contributed by atoms with Crippen molar-refractivity contribution in [3.05, 3.63) is 342 Å². The molecule has 0 amide bonds. The molecule has 666 valence electrons. The molecule has 0 N–H and O–H groups in total. The van der Waals surface area contributed by atoms with E-state index in [2.05, 4.69) is 347 Å². The highest BCUT2D eigenvalue weighted by atomic mass is 32.1. The van der Waals surface area contributed by atoms with Gasteiger partial charge in [0, 0.05) is 157 Å². The van der Waals surface area contributed by atoms with E-state index in [1.165, 1.54) is 249 Å². The summed E-state index contributed by atoms with van der Waals surface area (Å²) < 4.78 is 58.7. The van der Waals surface area contributed by atoms with Gasteiger partial charge in [0.15, 0.2) is 51.4 Å². The lowest BCUT2D eigenvalue weighted by Crippen LogP contribution is -2.43. The summed E-state index contributed by atoms with van der Waals surface area (Å²) in [7, 11) is 2.07. The van der Waals surface area contributed by atoms with Gasteiger partial charge in [-0.25, -0.2) is 0 Å². The fourth-order valence-electron chi connectivity index (χ4n) is 23.0. The molecule has 8 aliphatic rings. The molecule has 0 bridgehead atoms. The third-order valence-electron chi connectivity index (χ3n) is 30.2. The predicted octanol–water partition coefficient (Wildman–Crippen LogP) is 26.6. The maximum atomic E-state index is 6.38. The number of nitrogens with zero attached hydrogens (tertiary/aromatic N) is 8. The predicted molar refractivity (Wildman–Crippen MR) is 542 cm³/mol. The molecular formula is C120H104N8O7S+6. The number of pyridine rings is 7. The summed E-state index contributed by atoms with van der Waals surface area (Å²) in [6.45, 7) is 18.8. The first kappa shape index (κ1) is 82.8. The Labute approximate surface area is 792 Å². The fourth-order valence-corrected chi connectivity index (χ4v) is 23.7. The van der Waals surface area contributed by atoms with Crippen LogP contribution in [0.4, 0.5) is 0 Å². The van der Waals surface area contributed by atoms with E-state index in [0.29, 0.717) is 46.3 Å². The topological polar surface area (TPSA) is 110 Å². The molecule has 2 fully saturated rings. The molecule has 15 nitrogen and oxygen atoms in total. The lowest BCUT2D eigenvalue weighted by molar-refractivity contribution is -0.707. The van der Waals surface area contributed by atoms with Crippen LogP contribution in [-0.2, 0) is 52.8 Å². The molecule has 22 aromatic rings. The van der Waals surface area contributed by atoms with Gasteiger partial charge in [-0.2, -0.15) is 27.4 Å². The molecule has 0 atom stereocenters. The highest BCUT2D eigenvalue weighted by molar-refractivity contribution is 7.13. The van der Waals surface area contributed by atoms with Crippen LogP contribution in [-0.4, -0.2) is 9.55 Å². The number of aromatic nitrogens is 8. The fraction of sp³-hybridized carbons (Fsp3) is 0.208. The van der Waals surface area contributed by atoms with Crippen molar-refractivity contribution in [1.29, 1.82) is 0 Å². The lowest BCUT2D eigenvalue weighted by atomic mass is 9.70. The molecule has 30 rings (SSSR count). The lowest BCUT2D eigenvalue weighted by Gasteiger charge is -2.36. The van der Waals surface area contributed by atoms with Gasteiger partial charge in [-0.05, 0) is 220 Å². The SMILES string of the molecule is Cc1ccc2ccc3ccc(-c4ccccn4)c4c3c2[n+]1CO4.Cc1ccc2ccc3ccc(-c4cccn4C)c4c3c2[n+]1CO4.Cc1ccc2ccc3ccc(-c4ccco4)c4c3c2[n+]1CO4.Cc1ccc2ccc3ccc(-c4cccs4)c4c3c2[n+]1CO4.Cc1ccc2ccc3ccc(C4(C)CCCCC4)c4c3c2[n+]1CO4.Cc1ccc2ccc3ccc(C4CCCC4)c4c3c2[n+]1CO4. The van der Waals surface area contributed by atoms with Crippen molar-refractivity contribution >= 4 is 141 Å². The molecule has 2 aliphatic carbocycles. The van der Waals surface area contributed by atoms with Crippen molar-refractivity contribution in [1.82, 2.24) is 9.55 Å². The van der Waals surface area contributed by atoms with Crippen molar-refractivity contribution in [2.24, 2.45) is 7.05 Å². The van der Waals surface area contributed by atoms with Gasteiger partial charge in [0.1, 0.15) is 23.0 Å². The van der Waals surface area contributed by atoms with E-state index in [-0.39, 0.29) is 5.41 Å². The number of furan rings is 1. The summed E-state index contributed by atoms with van der Waals surface area (Å²) in [5, 5.41) is 24.6. The summed E-state index contributed by atoms with van der Waals surface area (Å²) in [6, 6.07) is 97.4. The monoisotopic (exact) mass is 1800 g/mol. The second-order valence-corrected chi connectivity index (χ2v) is 39.1. The Balaban J connectivity index is 0.0000000869. The molecule has 0 radical (unpaired) electrons. The van der Waals surface area contributed by atoms with E-state index in [0.717, 1.165) is 62.6 Å². The average Bonchev–Trinajstić information content (AvgIpc) is 1.08. The highest BCUT2D eigenvalue weighted by Gasteiger charge is 2.39. The summed E-state index contributed by atoms with van der Waals surface area (Å²) >= 11 is 1.76. The molecule has 0 saturated heterocycles. The summed E-state index contributed by atoms with van der Waals surface area (Å²) in [5.74, 6) is 7.72. The van der Waals surface area contributed by atoms with Crippen LogP contribution in [0.1, 0.15) is 116 Å². The van der Waals surface area contributed by atoms with E-state index in [9.17, 15) is 0 Å². The average molecular weight is 1800 g/mol. The largest absolute Gasteiger partial charge is 0.464 e. The van der Waals surface area contributed by atoms with Gasteiger partial charge in [0.05, 0.1) is 55.5 Å². The van der Waals surface area contributed by atoms with Gasteiger partial charge >= 0.3 is 0 Å². The molecule has 2 saturated carbocycles. The molecule has 16 heteroatoms. The highest BCUT2D eigenvalue weighted by Crippen LogP contribution is 2.52. The van der Waals surface area contributed by atoms with Crippen molar-refractivity contribution in [2.75, 3.05) is 0 Å². The van der Waals surface area contributed by atoms with Crippen molar-refractivity contribution in [3.8, 4) is 78.8 Å². The smallest absolute Gasteiger partial charge is 0.292 e. The number of hydrogen-bond donors (Lipinski definition) is 0. The third-order valence-corrected chi connectivity index (χ3v) is 31.2. The number of aryl methyl sites for hydroxylation is 7. The Kier molecular flexibility index (Phi) is 20.2. The summed E-state index contributed by atoms with van der Waals surface area (Å²) in [4.78, 5) is 5.76. The van der Waals surface area contributed by atoms with E-state index in [1.807, 2.05) is 36.5 Å². The number of benzene rings is 12. The van der Waals surface area contributed by atoms with E-state index in [1.54, 1.807) is 17.6 Å². The van der Waals surface area contributed by atoms with Gasteiger partial charge in [0.25, 0.3) is 40.4 Å². The van der Waals surface area contributed by atoms with Crippen LogP contribution in [0.15, 0.2) is 301 Å². The summed E-state index contributed by atoms with van der Waals surface area (Å²) in [6.07, 6.45) is 17.5. The van der Waals surface area contributed by atoms with Crippen LogP contribution >= 0.6 is 11.3 Å². The van der Waals surface area contributed by atoms with Crippen LogP contribution in [0, 0.1) is 41.5 Å². The van der Waals surface area contributed by atoms with Gasteiger partial charge in [-0.1, -0.05) is 136 Å². The van der Waals surface area contributed by atoms with Crippen LogP contribution in [0.2, 0.25) is 0 Å². The van der Waals surface area contributed by atoms with Crippen molar-refractivity contribution < 1.29 is 60.2 Å². The van der Waals surface area contributed by atoms with Crippen molar-refractivity contribution in [3.63, 3.8) is 0 Å². The van der Waals surface area contributed by atoms with Crippen LogP contribution in [0.3, 0.4) is 0 Å². The number of thiophene rings is 1. The van der Waals surface area contributed by atoms with Gasteiger partial charge < -0.3 is 37.4 Å². The second kappa shape index (κ2) is 33.2. The van der Waals surface area contributed by atoms with Crippen LogP contribution in [0.5, 0.6) is 34.5 Å². The minimum atomic E-state index is 0.260. The molecule has 16 heterocycles. The molecule has 0 unspecified atom stereocenters. The third kappa shape index (κ3) is 13.6. The molecule has 0 spiro atoms. The molecule has 10 aromatic heterocycles. The zero-order valence-electron chi connectivity index (χ0n) is 77.8. The van der Waals surface area contributed by atoms with Crippen LogP contribution < -0.4 is 55.8 Å². The standard InChI is InChI=1S/C22H24NO.C20H17N2O.C20H15N2O.C20H20NO.C19H14NO2.C19H14NOS/c1-15-6-7-17-9-8-16-10-11-18(22(2)12-4-3-5-13-22)21-19(16)20(17)23(15)14-24-21;1-13-5-6-15-8-7-14-9-10-16(17-4-3-11-21(17)2)20-18(14)19(15)22(13)12-23-20;1-13-5-6-15-8-7-14-9-10-16(17-4-2-3-11-21-17)20-18(14)19(15)22(13)12-23-20;1-13-6-7-16-9-8-15-10-11-17(14-4-2-3-5-14)20-18(15)19(16)21(13)12-22-20;1-12-4-5-14-7-6-13-8-9-15(16-3-2-10-21-16)19-17(13)18(14)20(12)11-22-19;1-12-4-5-14-7-6-13-8-9-15(16-3-2-10-22-16)19-17(13)18(14)20(12)11-21-19/h6-11H,3-5,12-14H2,1-2H3;3-11H,12H2,1-2H3;2-11H,12H2,1H3;6-11,14H,2-5,12H2,1H3;2*2-10H,11H2,1H3/q6*+1. The number of hydrogen-bond acceptors (Lipinski definition) is 9. The number of rotatable bonds is 6. The quantitative estimate of drug-likeness (QED) is 0.120. The van der Waals surface area contributed by atoms with Gasteiger partial charge in [-0.3, -0.25) is 4.98 Å². The van der Waals surface area contributed by atoms with Crippen molar-refractivity contribution in [2.45, 2.75) is 158 Å². The molecule has 6 aliphatic heterocycles. The van der Waals surface area contributed by atoms with E-state index < -0.39 is 0 Å². The minimum Gasteiger partial charge on any atom is -0.464 e. The van der Waals surface area contributed by atoms with Crippen LogP contribution in [0.25, 0.3) is 174 Å². The first-order chi connectivity index (χ1) is 66.7. The maximum absolute atomic E-state index is 6.38. The van der Waals surface area contributed by atoms with Gasteiger partial charge in [0.2, 0.25) is 33.1 Å².